The second-order valence-corrected chi connectivity index (χ2v) is 6.17. The van der Waals surface area contributed by atoms with Crippen molar-refractivity contribution in [1.29, 1.82) is 0 Å². The van der Waals surface area contributed by atoms with Gasteiger partial charge in [-0.3, -0.25) is 4.79 Å². The van der Waals surface area contributed by atoms with E-state index in [0.717, 1.165) is 24.8 Å². The fourth-order valence-electron chi connectivity index (χ4n) is 2.78. The molecule has 0 bridgehead atoms. The maximum absolute atomic E-state index is 12.8. The maximum Gasteiger partial charge on any atom is 0.235 e. The standard InChI is InChI=1S/C17H15Cl2NO/c18-13-8-4-9-14(19)15(13)20-16(21)17(10-5-11-17)12-6-2-1-3-7-12/h1-4,6-9H,5,10-11H2,(H,20,21). The molecule has 0 aromatic heterocycles. The van der Waals surface area contributed by atoms with Crippen LogP contribution < -0.4 is 5.32 Å². The molecule has 0 atom stereocenters. The van der Waals surface area contributed by atoms with Crippen LogP contribution in [-0.4, -0.2) is 5.91 Å². The first kappa shape index (κ1) is 14.4. The molecule has 0 radical (unpaired) electrons. The summed E-state index contributed by atoms with van der Waals surface area (Å²) in [6.07, 6.45) is 2.76. The van der Waals surface area contributed by atoms with Gasteiger partial charge in [0.2, 0.25) is 5.91 Å². The number of hydrogen-bond donors (Lipinski definition) is 1. The third-order valence-corrected chi connectivity index (χ3v) is 4.80. The molecule has 2 aromatic carbocycles. The molecule has 4 heteroatoms. The quantitative estimate of drug-likeness (QED) is 0.842. The third-order valence-electron chi connectivity index (χ3n) is 4.17. The van der Waals surface area contributed by atoms with E-state index in [0.29, 0.717) is 15.7 Å². The number of halogens is 2. The van der Waals surface area contributed by atoms with Gasteiger partial charge in [0.15, 0.2) is 0 Å². The second kappa shape index (κ2) is 5.70. The Kier molecular flexibility index (Phi) is 3.92. The number of para-hydroxylation sites is 1. The molecule has 2 aromatic rings. The zero-order valence-electron chi connectivity index (χ0n) is 11.4. The molecule has 1 saturated carbocycles. The molecule has 0 unspecified atom stereocenters. The SMILES string of the molecule is O=C(Nc1c(Cl)cccc1Cl)C1(c2ccccc2)CCC1. The topological polar surface area (TPSA) is 29.1 Å². The fourth-order valence-corrected chi connectivity index (χ4v) is 3.28. The van der Waals surface area contributed by atoms with Crippen LogP contribution in [-0.2, 0) is 10.2 Å². The molecule has 3 rings (SSSR count). The molecule has 1 aliphatic rings. The molecule has 1 N–H and O–H groups in total. The number of amides is 1. The van der Waals surface area contributed by atoms with E-state index in [4.69, 9.17) is 23.2 Å². The van der Waals surface area contributed by atoms with Crippen LogP contribution in [0.3, 0.4) is 0 Å². The number of hydrogen-bond acceptors (Lipinski definition) is 1. The average Bonchev–Trinajstić information content (AvgIpc) is 2.43. The van der Waals surface area contributed by atoms with E-state index in [-0.39, 0.29) is 5.91 Å². The van der Waals surface area contributed by atoms with Crippen molar-refractivity contribution in [3.8, 4) is 0 Å². The second-order valence-electron chi connectivity index (χ2n) is 5.35. The van der Waals surface area contributed by atoms with E-state index in [1.165, 1.54) is 0 Å². The summed E-state index contributed by atoms with van der Waals surface area (Å²) in [4.78, 5) is 12.8. The van der Waals surface area contributed by atoms with Crippen LogP contribution in [0.5, 0.6) is 0 Å². The van der Waals surface area contributed by atoms with E-state index < -0.39 is 5.41 Å². The van der Waals surface area contributed by atoms with Crippen LogP contribution in [0.1, 0.15) is 24.8 Å². The van der Waals surface area contributed by atoms with Gasteiger partial charge in [0.1, 0.15) is 0 Å². The Labute approximate surface area is 134 Å². The lowest BCUT2D eigenvalue weighted by atomic mass is 9.64. The lowest BCUT2D eigenvalue weighted by Crippen LogP contribution is -2.46. The van der Waals surface area contributed by atoms with E-state index in [9.17, 15) is 4.79 Å². The largest absolute Gasteiger partial charge is 0.323 e. The van der Waals surface area contributed by atoms with Gasteiger partial charge in [-0.25, -0.2) is 0 Å². The first-order valence-corrected chi connectivity index (χ1v) is 7.70. The summed E-state index contributed by atoms with van der Waals surface area (Å²) in [5.41, 5.74) is 1.09. The first-order chi connectivity index (χ1) is 10.1. The number of carbonyl (C=O) groups is 1. The summed E-state index contributed by atoms with van der Waals surface area (Å²) in [5, 5.41) is 3.83. The van der Waals surface area contributed by atoms with Crippen LogP contribution in [0, 0.1) is 0 Å². The number of rotatable bonds is 3. The molecule has 1 amide bonds. The molecule has 0 heterocycles. The molecular formula is C17H15Cl2NO. The Morgan fingerprint density at radius 1 is 0.952 bits per heavy atom. The van der Waals surface area contributed by atoms with Gasteiger partial charge in [-0.2, -0.15) is 0 Å². The highest BCUT2D eigenvalue weighted by atomic mass is 35.5. The van der Waals surface area contributed by atoms with Crippen LogP contribution >= 0.6 is 23.2 Å². The molecule has 1 aliphatic carbocycles. The van der Waals surface area contributed by atoms with Crippen molar-refractivity contribution in [2.75, 3.05) is 5.32 Å². The predicted molar refractivity (Wildman–Crippen MR) is 87.1 cm³/mol. The molecule has 1 fully saturated rings. The van der Waals surface area contributed by atoms with Gasteiger partial charge in [0.05, 0.1) is 21.1 Å². The van der Waals surface area contributed by atoms with Gasteiger partial charge in [-0.1, -0.05) is 66.0 Å². The first-order valence-electron chi connectivity index (χ1n) is 6.94. The van der Waals surface area contributed by atoms with Crippen molar-refractivity contribution >= 4 is 34.8 Å². The Bertz CT molecular complexity index is 645. The monoisotopic (exact) mass is 319 g/mol. The zero-order chi connectivity index (χ0) is 14.9. The molecule has 108 valence electrons. The van der Waals surface area contributed by atoms with Gasteiger partial charge >= 0.3 is 0 Å². The number of nitrogens with one attached hydrogen (secondary N) is 1. The summed E-state index contributed by atoms with van der Waals surface area (Å²) in [7, 11) is 0. The molecule has 0 aliphatic heterocycles. The van der Waals surface area contributed by atoms with Crippen molar-refractivity contribution in [3.05, 3.63) is 64.1 Å². The normalized spacial score (nSPS) is 16.1. The van der Waals surface area contributed by atoms with Crippen molar-refractivity contribution in [1.82, 2.24) is 0 Å². The van der Waals surface area contributed by atoms with Crippen molar-refractivity contribution in [2.24, 2.45) is 0 Å². The zero-order valence-corrected chi connectivity index (χ0v) is 12.9. The van der Waals surface area contributed by atoms with Crippen LogP contribution in [0.25, 0.3) is 0 Å². The van der Waals surface area contributed by atoms with E-state index >= 15 is 0 Å². The number of carbonyl (C=O) groups excluding carboxylic acids is 1. The summed E-state index contributed by atoms with van der Waals surface area (Å²) < 4.78 is 0. The van der Waals surface area contributed by atoms with E-state index in [1.807, 2.05) is 30.3 Å². The Balaban J connectivity index is 1.91. The number of benzene rings is 2. The smallest absolute Gasteiger partial charge is 0.235 e. The molecular weight excluding hydrogens is 305 g/mol. The van der Waals surface area contributed by atoms with Crippen molar-refractivity contribution in [3.63, 3.8) is 0 Å². The van der Waals surface area contributed by atoms with Gasteiger partial charge in [0, 0.05) is 0 Å². The van der Waals surface area contributed by atoms with Crippen LogP contribution in [0.2, 0.25) is 10.0 Å². The summed E-state index contributed by atoms with van der Waals surface area (Å²) in [6.45, 7) is 0. The summed E-state index contributed by atoms with van der Waals surface area (Å²) in [6, 6.07) is 15.1. The van der Waals surface area contributed by atoms with Gasteiger partial charge in [0.25, 0.3) is 0 Å². The number of anilines is 1. The van der Waals surface area contributed by atoms with E-state index in [1.54, 1.807) is 18.2 Å². The minimum absolute atomic E-state index is 0.0325. The molecule has 21 heavy (non-hydrogen) atoms. The minimum Gasteiger partial charge on any atom is -0.323 e. The third kappa shape index (κ3) is 2.54. The fraction of sp³-hybridized carbons (Fsp3) is 0.235. The van der Waals surface area contributed by atoms with Gasteiger partial charge in [-0.15, -0.1) is 0 Å². The van der Waals surface area contributed by atoms with Crippen LogP contribution in [0.4, 0.5) is 5.69 Å². The Morgan fingerprint density at radius 3 is 2.10 bits per heavy atom. The Hall–Kier alpha value is -1.51. The minimum atomic E-state index is -0.455. The van der Waals surface area contributed by atoms with Gasteiger partial charge < -0.3 is 5.32 Å². The van der Waals surface area contributed by atoms with E-state index in [2.05, 4.69) is 5.32 Å². The van der Waals surface area contributed by atoms with Gasteiger partial charge in [-0.05, 0) is 30.5 Å². The molecule has 0 spiro atoms. The van der Waals surface area contributed by atoms with Crippen molar-refractivity contribution in [2.45, 2.75) is 24.7 Å². The lowest BCUT2D eigenvalue weighted by molar-refractivity contribution is -0.124. The highest BCUT2D eigenvalue weighted by Crippen LogP contribution is 2.45. The maximum atomic E-state index is 12.8. The molecule has 2 nitrogen and oxygen atoms in total. The highest BCUT2D eigenvalue weighted by molar-refractivity contribution is 6.39. The van der Waals surface area contributed by atoms with Crippen molar-refractivity contribution < 1.29 is 4.79 Å². The van der Waals surface area contributed by atoms with Crippen LogP contribution in [0.15, 0.2) is 48.5 Å². The summed E-state index contributed by atoms with van der Waals surface area (Å²) in [5.74, 6) is -0.0325. The molecule has 0 saturated heterocycles. The predicted octanol–water partition coefficient (Wildman–Crippen LogP) is 5.05. The highest BCUT2D eigenvalue weighted by Gasteiger charge is 2.45. The lowest BCUT2D eigenvalue weighted by Gasteiger charge is -2.40. The summed E-state index contributed by atoms with van der Waals surface area (Å²) >= 11 is 12.3. The average molecular weight is 320 g/mol. The Morgan fingerprint density at radius 2 is 1.57 bits per heavy atom.